The highest BCUT2D eigenvalue weighted by atomic mass is 19.2. The van der Waals surface area contributed by atoms with Crippen LogP contribution in [-0.4, -0.2) is 29.1 Å². The Morgan fingerprint density at radius 1 is 1.03 bits per heavy atom. The number of carboxylic acid groups (broad SMARTS) is 2. The Balaban J connectivity index is 1.66. The molecule has 0 saturated carbocycles. The van der Waals surface area contributed by atoms with Gasteiger partial charge in [-0.1, -0.05) is 12.1 Å². The van der Waals surface area contributed by atoms with E-state index in [-0.39, 0.29) is 47.2 Å². The molecule has 0 bridgehead atoms. The maximum Gasteiger partial charge on any atom is 0.742 e. The van der Waals surface area contributed by atoms with E-state index in [4.69, 9.17) is 19.4 Å². The number of halogens is 2. The number of hydrogen-bond donors (Lipinski definition) is 2. The van der Waals surface area contributed by atoms with E-state index in [2.05, 4.69) is 0 Å². The lowest BCUT2D eigenvalue weighted by atomic mass is 9.89. The van der Waals surface area contributed by atoms with Crippen LogP contribution in [0, 0.1) is 0 Å². The topological polar surface area (TPSA) is 104 Å². The number of carboxylic acids is 2. The first-order valence-corrected chi connectivity index (χ1v) is 8.99. The van der Waals surface area contributed by atoms with Gasteiger partial charge in [0, 0.05) is 6.07 Å². The first-order chi connectivity index (χ1) is 14.2. The third kappa shape index (κ3) is 2.62. The van der Waals surface area contributed by atoms with Crippen molar-refractivity contribution in [1.29, 1.82) is 0 Å². The molecule has 0 fully saturated rings. The zero-order valence-corrected chi connectivity index (χ0v) is 15.2. The van der Waals surface area contributed by atoms with Gasteiger partial charge in [-0.15, -0.1) is 0 Å². The standard InChI is InChI=1S/C19H13BF2N2O6/c21-20(22)23-12-5-10(7-18(25)26)1-3-14(12)29-16(23)9-17-24(20)13-6-11(8-19(27)28)2-4-15(13)30-17/h1-6,9H,7-8H2,(H,25,26)(H,27,28). The van der Waals surface area contributed by atoms with Crippen molar-refractivity contribution >= 4 is 41.8 Å². The molecule has 2 aliphatic rings. The molecule has 8 nitrogen and oxygen atoms in total. The number of carbonyl (C=O) groups is 2. The summed E-state index contributed by atoms with van der Waals surface area (Å²) in [5, 5.41) is 18.0. The Hall–Kier alpha value is -3.89. The van der Waals surface area contributed by atoms with Crippen LogP contribution in [0.25, 0.3) is 17.2 Å². The molecule has 5 rings (SSSR count). The molecule has 1 aromatic heterocycles. The van der Waals surface area contributed by atoms with Gasteiger partial charge in [0.05, 0.1) is 18.5 Å². The fourth-order valence-electron chi connectivity index (χ4n) is 3.87. The lowest BCUT2D eigenvalue weighted by molar-refractivity contribution is -0.547. The Bertz CT molecular complexity index is 1290. The molecule has 0 spiro atoms. The molecular formula is C19H13BF2N2O6. The number of aromatic nitrogens is 1. The van der Waals surface area contributed by atoms with Crippen molar-refractivity contribution in [3.8, 4) is 5.75 Å². The van der Waals surface area contributed by atoms with Crippen LogP contribution in [0.1, 0.15) is 17.0 Å². The van der Waals surface area contributed by atoms with Crippen molar-refractivity contribution in [3.63, 3.8) is 0 Å². The van der Waals surface area contributed by atoms with Gasteiger partial charge in [-0.3, -0.25) is 14.1 Å². The number of oxazole rings is 1. The van der Waals surface area contributed by atoms with E-state index < -0.39 is 18.9 Å². The summed E-state index contributed by atoms with van der Waals surface area (Å²) >= 11 is 0. The van der Waals surface area contributed by atoms with Gasteiger partial charge in [0.2, 0.25) is 5.52 Å². The van der Waals surface area contributed by atoms with Gasteiger partial charge in [-0.25, -0.2) is 0 Å². The number of ether oxygens (including phenoxy) is 1. The first-order valence-electron chi connectivity index (χ1n) is 8.99. The normalized spacial score (nSPS) is 15.8. The number of nitrogens with zero attached hydrogens (tertiary/aromatic N) is 2. The second kappa shape index (κ2) is 6.05. The zero-order valence-electron chi connectivity index (χ0n) is 15.2. The summed E-state index contributed by atoms with van der Waals surface area (Å²) in [6.45, 7) is -4.47. The first kappa shape index (κ1) is 18.2. The molecule has 11 heteroatoms. The summed E-state index contributed by atoms with van der Waals surface area (Å²) < 4.78 is 43.3. The fraction of sp³-hybridized carbons (Fsp3) is 0.105. The van der Waals surface area contributed by atoms with Crippen LogP contribution in [0.3, 0.4) is 0 Å². The van der Waals surface area contributed by atoms with Crippen LogP contribution in [0.2, 0.25) is 0 Å². The Morgan fingerprint density at radius 2 is 1.70 bits per heavy atom. The predicted octanol–water partition coefficient (Wildman–Crippen LogP) is 2.41. The predicted molar refractivity (Wildman–Crippen MR) is 100.0 cm³/mol. The molecule has 3 aromatic rings. The van der Waals surface area contributed by atoms with Gasteiger partial charge >= 0.3 is 24.8 Å². The van der Waals surface area contributed by atoms with Crippen LogP contribution in [0.5, 0.6) is 5.75 Å². The molecule has 0 aliphatic carbocycles. The van der Waals surface area contributed by atoms with E-state index >= 15 is 8.63 Å². The van der Waals surface area contributed by atoms with Crippen LogP contribution in [0.4, 0.5) is 14.3 Å². The van der Waals surface area contributed by atoms with Gasteiger partial charge in [-0.2, -0.15) is 0 Å². The summed E-state index contributed by atoms with van der Waals surface area (Å²) in [4.78, 5) is 22.7. The van der Waals surface area contributed by atoms with Crippen molar-refractivity contribution in [3.05, 3.63) is 59.3 Å². The van der Waals surface area contributed by atoms with Crippen molar-refractivity contribution in [2.45, 2.75) is 12.8 Å². The molecule has 0 radical (unpaired) electrons. The van der Waals surface area contributed by atoms with Crippen LogP contribution in [-0.2, 0) is 22.4 Å². The minimum Gasteiger partial charge on any atom is -0.481 e. The average molecular weight is 414 g/mol. The highest BCUT2D eigenvalue weighted by Crippen LogP contribution is 2.45. The zero-order chi connectivity index (χ0) is 21.2. The molecule has 0 unspecified atom stereocenters. The van der Waals surface area contributed by atoms with Crippen molar-refractivity contribution in [2.24, 2.45) is 0 Å². The number of hydrogen-bond acceptors (Lipinski definition) is 5. The third-order valence-electron chi connectivity index (χ3n) is 5.05. The quantitative estimate of drug-likeness (QED) is 0.632. The number of anilines is 1. The molecule has 0 amide bonds. The highest BCUT2D eigenvalue weighted by Gasteiger charge is 2.58. The van der Waals surface area contributed by atoms with E-state index in [0.29, 0.717) is 11.1 Å². The van der Waals surface area contributed by atoms with E-state index in [9.17, 15) is 9.59 Å². The second-order valence-electron chi connectivity index (χ2n) is 7.10. The maximum absolute atomic E-state index is 15.7. The highest BCUT2D eigenvalue weighted by molar-refractivity contribution is 6.63. The molecule has 2 aromatic carbocycles. The Labute approximate surface area is 167 Å². The van der Waals surface area contributed by atoms with Crippen molar-refractivity contribution in [1.82, 2.24) is 0 Å². The lowest BCUT2D eigenvalue weighted by Crippen LogP contribution is -2.71. The fourth-order valence-corrected chi connectivity index (χ4v) is 3.87. The molecule has 0 atom stereocenters. The van der Waals surface area contributed by atoms with Crippen LogP contribution in [0.15, 0.2) is 46.7 Å². The Morgan fingerprint density at radius 3 is 2.40 bits per heavy atom. The molecule has 2 aliphatic heterocycles. The third-order valence-corrected chi connectivity index (χ3v) is 5.05. The van der Waals surface area contributed by atoms with Gasteiger partial charge in [-0.05, 0) is 29.3 Å². The summed E-state index contributed by atoms with van der Waals surface area (Å²) in [6.07, 6.45) is 0.696. The number of benzene rings is 2. The lowest BCUT2D eigenvalue weighted by Gasteiger charge is -2.32. The number of aliphatic carboxylic acids is 2. The van der Waals surface area contributed by atoms with E-state index in [1.807, 2.05) is 0 Å². The van der Waals surface area contributed by atoms with Crippen molar-refractivity contribution in [2.75, 3.05) is 4.81 Å². The summed E-state index contributed by atoms with van der Waals surface area (Å²) in [5.74, 6) is -2.24. The average Bonchev–Trinajstić information content (AvgIpc) is 3.18. The van der Waals surface area contributed by atoms with Crippen LogP contribution >= 0.6 is 0 Å². The van der Waals surface area contributed by atoms with Crippen LogP contribution < -0.4 is 14.0 Å². The maximum atomic E-state index is 15.7. The number of fused-ring (bicyclic) bond motifs is 6. The summed E-state index contributed by atoms with van der Waals surface area (Å²) in [5.41, 5.74) is 1.00. The Kier molecular flexibility index (Phi) is 3.67. The SMILES string of the molecule is O=C(O)Cc1ccc2c(c1)N1C(=Cc3oc4ccc(CC(=O)O)cc4[n+]3[B-]1(F)F)O2. The van der Waals surface area contributed by atoms with E-state index in [1.165, 1.54) is 42.5 Å². The summed E-state index contributed by atoms with van der Waals surface area (Å²) in [6, 6.07) is 8.65. The van der Waals surface area contributed by atoms with E-state index in [1.54, 1.807) is 0 Å². The van der Waals surface area contributed by atoms with E-state index in [0.717, 1.165) is 9.29 Å². The monoisotopic (exact) mass is 414 g/mol. The largest absolute Gasteiger partial charge is 0.742 e. The summed E-state index contributed by atoms with van der Waals surface area (Å²) in [7, 11) is 0. The van der Waals surface area contributed by atoms with Gasteiger partial charge in [0.25, 0.3) is 0 Å². The smallest absolute Gasteiger partial charge is 0.481 e. The molecule has 2 N–H and O–H groups in total. The molecule has 30 heavy (non-hydrogen) atoms. The minimum atomic E-state index is -4.47. The minimum absolute atomic E-state index is 0.0548. The second-order valence-corrected chi connectivity index (χ2v) is 7.10. The van der Waals surface area contributed by atoms with Crippen molar-refractivity contribution < 1.29 is 42.1 Å². The van der Waals surface area contributed by atoms with Gasteiger partial charge in [0.15, 0.2) is 11.5 Å². The molecular weight excluding hydrogens is 401 g/mol. The van der Waals surface area contributed by atoms with Gasteiger partial charge in [0.1, 0.15) is 11.8 Å². The molecule has 152 valence electrons. The van der Waals surface area contributed by atoms with Gasteiger partial charge < -0.3 is 32.8 Å². The molecule has 0 saturated heterocycles. The molecule has 3 heterocycles. The number of rotatable bonds is 4.